The van der Waals surface area contributed by atoms with Crippen molar-refractivity contribution in [1.82, 2.24) is 25.5 Å². The van der Waals surface area contributed by atoms with Crippen LogP contribution < -0.4 is 10.6 Å². The number of anilines is 1. The lowest BCUT2D eigenvalue weighted by molar-refractivity contribution is -0.115. The number of H-pyrrole nitrogens is 1. The van der Waals surface area contributed by atoms with Crippen LogP contribution >= 0.6 is 11.3 Å². The number of carbonyl (C=O) groups is 2. The molecule has 0 saturated heterocycles. The first-order valence-electron chi connectivity index (χ1n) is 10.1. The van der Waals surface area contributed by atoms with E-state index in [9.17, 15) is 9.59 Å². The highest BCUT2D eigenvalue weighted by Crippen LogP contribution is 2.28. The van der Waals surface area contributed by atoms with E-state index in [4.69, 9.17) is 0 Å². The average molecular weight is 455 g/mol. The van der Waals surface area contributed by atoms with Crippen molar-refractivity contribution in [2.24, 2.45) is 0 Å². The largest absolute Gasteiger partial charge is 0.343 e. The Bertz CT molecular complexity index is 1440. The molecule has 2 aromatic carbocycles. The lowest BCUT2D eigenvalue weighted by Crippen LogP contribution is -2.32. The first kappa shape index (κ1) is 20.5. The summed E-state index contributed by atoms with van der Waals surface area (Å²) in [5.41, 5.74) is 5.15. The second kappa shape index (κ2) is 9.01. The van der Waals surface area contributed by atoms with Crippen LogP contribution in [0.1, 0.15) is 10.4 Å². The molecular weight excluding hydrogens is 436 g/mol. The van der Waals surface area contributed by atoms with E-state index in [-0.39, 0.29) is 18.4 Å². The fraction of sp³-hybridized carbons (Fsp3) is 0.0417. The zero-order valence-electron chi connectivity index (χ0n) is 17.3. The Morgan fingerprint density at radius 3 is 2.70 bits per heavy atom. The third-order valence-electron chi connectivity index (χ3n) is 5.03. The molecule has 0 fully saturated rings. The Morgan fingerprint density at radius 2 is 1.82 bits per heavy atom. The maximum absolute atomic E-state index is 12.4. The number of aromatic nitrogens is 4. The fourth-order valence-electron chi connectivity index (χ4n) is 3.38. The van der Waals surface area contributed by atoms with Crippen molar-refractivity contribution in [3.63, 3.8) is 0 Å². The van der Waals surface area contributed by atoms with Gasteiger partial charge in [-0.25, -0.2) is 4.98 Å². The molecule has 5 rings (SSSR count). The van der Waals surface area contributed by atoms with E-state index in [2.05, 4.69) is 30.8 Å². The van der Waals surface area contributed by atoms with Gasteiger partial charge < -0.3 is 10.6 Å². The smallest absolute Gasteiger partial charge is 0.251 e. The second-order valence-electron chi connectivity index (χ2n) is 7.26. The summed E-state index contributed by atoms with van der Waals surface area (Å²) >= 11 is 1.33. The summed E-state index contributed by atoms with van der Waals surface area (Å²) < 4.78 is 0. The predicted molar refractivity (Wildman–Crippen MR) is 128 cm³/mol. The van der Waals surface area contributed by atoms with Gasteiger partial charge in [0.25, 0.3) is 5.91 Å². The number of aromatic amines is 1. The molecule has 0 spiro atoms. The van der Waals surface area contributed by atoms with E-state index in [1.54, 1.807) is 36.8 Å². The number of fused-ring (bicyclic) bond motifs is 1. The Labute approximate surface area is 192 Å². The van der Waals surface area contributed by atoms with Gasteiger partial charge in [0.15, 0.2) is 5.13 Å². The van der Waals surface area contributed by atoms with Crippen molar-refractivity contribution in [2.45, 2.75) is 0 Å². The number of nitrogens with zero attached hydrogens (tertiary/aromatic N) is 3. The summed E-state index contributed by atoms with van der Waals surface area (Å²) in [4.78, 5) is 33.3. The molecule has 3 aromatic heterocycles. The Morgan fingerprint density at radius 1 is 0.970 bits per heavy atom. The summed E-state index contributed by atoms with van der Waals surface area (Å²) in [5.74, 6) is -0.680. The van der Waals surface area contributed by atoms with Gasteiger partial charge in [0.05, 0.1) is 24.0 Å². The number of carbonyl (C=O) groups excluding carboxylic acids is 2. The molecule has 0 radical (unpaired) electrons. The van der Waals surface area contributed by atoms with Crippen LogP contribution in [-0.4, -0.2) is 38.5 Å². The van der Waals surface area contributed by atoms with Crippen LogP contribution in [0.15, 0.2) is 78.6 Å². The summed E-state index contributed by atoms with van der Waals surface area (Å²) in [6.07, 6.45) is 5.16. The van der Waals surface area contributed by atoms with Crippen molar-refractivity contribution < 1.29 is 9.59 Å². The van der Waals surface area contributed by atoms with Crippen molar-refractivity contribution in [2.75, 3.05) is 11.9 Å². The highest BCUT2D eigenvalue weighted by molar-refractivity contribution is 7.14. The first-order valence-corrected chi connectivity index (χ1v) is 11.0. The number of amides is 2. The minimum atomic E-state index is -0.348. The fourth-order valence-corrected chi connectivity index (χ4v) is 4.11. The molecule has 3 heterocycles. The van der Waals surface area contributed by atoms with Crippen LogP contribution in [0.5, 0.6) is 0 Å². The minimum absolute atomic E-state index is 0.158. The molecule has 0 unspecified atom stereocenters. The van der Waals surface area contributed by atoms with Crippen molar-refractivity contribution in [3.8, 4) is 22.4 Å². The monoisotopic (exact) mass is 454 g/mol. The van der Waals surface area contributed by atoms with Crippen LogP contribution in [0.25, 0.3) is 33.3 Å². The zero-order chi connectivity index (χ0) is 22.6. The summed E-state index contributed by atoms with van der Waals surface area (Å²) in [6.45, 7) is -0.158. The van der Waals surface area contributed by atoms with Crippen LogP contribution in [0.3, 0.4) is 0 Å². The standard InChI is InChI=1S/C24H18N6O2S/c31-22(13-26-23(32)18-4-5-20-19(11-18)12-27-30-20)29-24-28-21(14-33-24)17-3-1-2-16(10-17)15-6-8-25-9-7-15/h1-12,14H,13H2,(H,26,32)(H,27,30)(H,28,29,31). The molecule has 5 aromatic rings. The zero-order valence-corrected chi connectivity index (χ0v) is 18.1. The Hall–Kier alpha value is -4.37. The lowest BCUT2D eigenvalue weighted by Gasteiger charge is -2.05. The van der Waals surface area contributed by atoms with Gasteiger partial charge in [-0.1, -0.05) is 18.2 Å². The van der Waals surface area contributed by atoms with E-state index in [1.165, 1.54) is 11.3 Å². The highest BCUT2D eigenvalue weighted by atomic mass is 32.1. The summed E-state index contributed by atoms with van der Waals surface area (Å²) in [5, 5.41) is 15.3. The van der Waals surface area contributed by atoms with E-state index in [0.29, 0.717) is 10.7 Å². The molecule has 3 N–H and O–H groups in total. The second-order valence-corrected chi connectivity index (χ2v) is 8.12. The number of benzene rings is 2. The quantitative estimate of drug-likeness (QED) is 0.357. The summed E-state index contributed by atoms with van der Waals surface area (Å²) in [7, 11) is 0. The molecule has 0 aliphatic heterocycles. The molecule has 0 atom stereocenters. The maximum atomic E-state index is 12.4. The molecule has 33 heavy (non-hydrogen) atoms. The normalized spacial score (nSPS) is 10.8. The van der Waals surface area contributed by atoms with Crippen LogP contribution in [-0.2, 0) is 4.79 Å². The van der Waals surface area contributed by atoms with Gasteiger partial charge in [-0.2, -0.15) is 5.10 Å². The molecule has 162 valence electrons. The molecule has 8 nitrogen and oxygen atoms in total. The van der Waals surface area contributed by atoms with Gasteiger partial charge in [0.2, 0.25) is 5.91 Å². The van der Waals surface area contributed by atoms with Crippen molar-refractivity contribution in [1.29, 1.82) is 0 Å². The highest BCUT2D eigenvalue weighted by Gasteiger charge is 2.12. The van der Waals surface area contributed by atoms with Gasteiger partial charge in [-0.15, -0.1) is 11.3 Å². The Balaban J connectivity index is 1.21. The van der Waals surface area contributed by atoms with Gasteiger partial charge in [0, 0.05) is 34.3 Å². The van der Waals surface area contributed by atoms with Crippen LogP contribution in [0.2, 0.25) is 0 Å². The molecule has 0 bridgehead atoms. The van der Waals surface area contributed by atoms with Crippen LogP contribution in [0.4, 0.5) is 5.13 Å². The number of hydrogen-bond donors (Lipinski definition) is 3. The molecule has 9 heteroatoms. The molecule has 0 aliphatic rings. The third-order valence-corrected chi connectivity index (χ3v) is 5.79. The Kier molecular flexibility index (Phi) is 5.61. The predicted octanol–water partition coefficient (Wildman–Crippen LogP) is 4.12. The van der Waals surface area contributed by atoms with Crippen LogP contribution in [0, 0.1) is 0 Å². The van der Waals surface area contributed by atoms with Gasteiger partial charge in [0.1, 0.15) is 0 Å². The van der Waals surface area contributed by atoms with E-state index < -0.39 is 0 Å². The average Bonchev–Trinajstić information content (AvgIpc) is 3.52. The topological polar surface area (TPSA) is 113 Å². The van der Waals surface area contributed by atoms with Gasteiger partial charge >= 0.3 is 0 Å². The lowest BCUT2D eigenvalue weighted by atomic mass is 10.0. The number of rotatable bonds is 6. The van der Waals surface area contributed by atoms with Crippen molar-refractivity contribution >= 4 is 39.2 Å². The number of nitrogens with one attached hydrogen (secondary N) is 3. The minimum Gasteiger partial charge on any atom is -0.343 e. The number of hydrogen-bond acceptors (Lipinski definition) is 6. The van der Waals surface area contributed by atoms with E-state index >= 15 is 0 Å². The summed E-state index contributed by atoms with van der Waals surface area (Å²) in [6, 6.07) is 17.1. The van der Waals surface area contributed by atoms with E-state index in [0.717, 1.165) is 33.3 Å². The van der Waals surface area contributed by atoms with Gasteiger partial charge in [-0.05, 0) is 47.5 Å². The van der Waals surface area contributed by atoms with Crippen molar-refractivity contribution in [3.05, 3.63) is 84.1 Å². The molecule has 0 saturated carbocycles. The van der Waals surface area contributed by atoms with E-state index in [1.807, 2.05) is 41.8 Å². The number of thiazole rings is 1. The SMILES string of the molecule is O=C(CNC(=O)c1ccc2[nH]ncc2c1)Nc1nc(-c2cccc(-c3ccncc3)c2)cs1. The first-order chi connectivity index (χ1) is 16.2. The molecule has 0 aliphatic carbocycles. The molecular formula is C24H18N6O2S. The molecule has 2 amide bonds. The third kappa shape index (κ3) is 4.63. The van der Waals surface area contributed by atoms with Gasteiger partial charge in [-0.3, -0.25) is 19.7 Å². The number of pyridine rings is 1. The maximum Gasteiger partial charge on any atom is 0.251 e.